The van der Waals surface area contributed by atoms with Crippen LogP contribution in [0.15, 0.2) is 54.7 Å². The summed E-state index contributed by atoms with van der Waals surface area (Å²) in [6.07, 6.45) is 1.13. The van der Waals surface area contributed by atoms with Crippen LogP contribution in [0.1, 0.15) is 30.9 Å². The topological polar surface area (TPSA) is 56.1 Å². The van der Waals surface area contributed by atoms with Crippen LogP contribution < -0.4 is 10.1 Å². The molecule has 5 nitrogen and oxygen atoms in total. The summed E-state index contributed by atoms with van der Waals surface area (Å²) in [7, 11) is 0. The van der Waals surface area contributed by atoms with Gasteiger partial charge in [-0.2, -0.15) is 5.10 Å². The van der Waals surface area contributed by atoms with Gasteiger partial charge in [0, 0.05) is 31.0 Å². The molecular weight excluding hydrogens is 438 g/mol. The maximum Gasteiger partial charge on any atom is 0.249 e. The molecule has 1 heterocycles. The molecule has 0 spiro atoms. The fraction of sp³-hybridized carbons (Fsp3) is 0.333. The second-order valence-electron chi connectivity index (χ2n) is 8.36. The number of anilines is 1. The number of carbonyl (C=O) groups excluding carboxylic acids is 1. The normalized spacial score (nSPS) is 16.2. The van der Waals surface area contributed by atoms with Gasteiger partial charge < -0.3 is 10.1 Å². The molecule has 0 saturated heterocycles. The van der Waals surface area contributed by atoms with Crippen molar-refractivity contribution in [3.05, 3.63) is 77.5 Å². The maximum atomic E-state index is 13.3. The predicted molar refractivity (Wildman–Crippen MR) is 114 cm³/mol. The Balaban J connectivity index is 1.26. The van der Waals surface area contributed by atoms with Gasteiger partial charge in [0.1, 0.15) is 5.75 Å². The summed E-state index contributed by atoms with van der Waals surface area (Å²) in [6, 6.07) is 12.2. The Morgan fingerprint density at radius 1 is 1.12 bits per heavy atom. The third kappa shape index (κ3) is 5.91. The van der Waals surface area contributed by atoms with Crippen LogP contribution in [0.2, 0.25) is 0 Å². The lowest BCUT2D eigenvalue weighted by Crippen LogP contribution is -2.43. The number of nitrogens with zero attached hydrogens (tertiary/aromatic N) is 2. The number of hydrogen-bond acceptors (Lipinski definition) is 3. The van der Waals surface area contributed by atoms with E-state index in [0.717, 1.165) is 17.7 Å². The average Bonchev–Trinajstić information content (AvgIpc) is 3.16. The highest BCUT2D eigenvalue weighted by Gasteiger charge is 2.48. The van der Waals surface area contributed by atoms with Crippen molar-refractivity contribution in [1.29, 1.82) is 0 Å². The van der Waals surface area contributed by atoms with E-state index in [1.165, 1.54) is 10.7 Å². The summed E-state index contributed by atoms with van der Waals surface area (Å²) in [5, 5.41) is 6.92. The summed E-state index contributed by atoms with van der Waals surface area (Å²) < 4.78 is 59.7. The predicted octanol–water partition coefficient (Wildman–Crippen LogP) is 5.20. The first-order valence-electron chi connectivity index (χ1n) is 10.6. The molecule has 1 N–H and O–H groups in total. The Morgan fingerprint density at radius 2 is 1.82 bits per heavy atom. The molecule has 0 bridgehead atoms. The van der Waals surface area contributed by atoms with E-state index in [2.05, 4.69) is 10.4 Å². The molecule has 9 heteroatoms. The number of benzene rings is 2. The van der Waals surface area contributed by atoms with E-state index in [0.29, 0.717) is 17.1 Å². The van der Waals surface area contributed by atoms with E-state index >= 15 is 0 Å². The van der Waals surface area contributed by atoms with Gasteiger partial charge in [-0.1, -0.05) is 18.2 Å². The maximum absolute atomic E-state index is 13.3. The molecule has 1 amide bonds. The summed E-state index contributed by atoms with van der Waals surface area (Å²) >= 11 is 0. The Morgan fingerprint density at radius 3 is 2.48 bits per heavy atom. The molecule has 0 radical (unpaired) electrons. The first-order valence-corrected chi connectivity index (χ1v) is 10.6. The number of rotatable bonds is 8. The van der Waals surface area contributed by atoms with Crippen molar-refractivity contribution >= 4 is 11.7 Å². The van der Waals surface area contributed by atoms with Gasteiger partial charge in [-0.25, -0.2) is 17.6 Å². The lowest BCUT2D eigenvalue weighted by Gasteiger charge is -2.38. The Bertz CT molecular complexity index is 1120. The molecule has 1 fully saturated rings. The smallest absolute Gasteiger partial charge is 0.249 e. The van der Waals surface area contributed by atoms with Crippen molar-refractivity contribution in [3.8, 4) is 5.75 Å². The molecule has 0 aliphatic heterocycles. The molecule has 4 rings (SSSR count). The lowest BCUT2D eigenvalue weighted by atomic mass is 9.78. The van der Waals surface area contributed by atoms with E-state index in [-0.39, 0.29) is 43.7 Å². The summed E-state index contributed by atoms with van der Waals surface area (Å²) in [6.45, 7) is 2.01. The Kier molecular flexibility index (Phi) is 6.40. The molecule has 2 aromatic carbocycles. The number of aromatic nitrogens is 2. The van der Waals surface area contributed by atoms with Crippen molar-refractivity contribution in [2.24, 2.45) is 5.92 Å². The molecular formula is C24H23F4N3O2. The third-order valence-corrected chi connectivity index (χ3v) is 5.63. The number of alkyl halides is 2. The summed E-state index contributed by atoms with van der Waals surface area (Å²) in [5.74, 6) is -3.94. The van der Waals surface area contributed by atoms with Crippen molar-refractivity contribution < 1.29 is 27.1 Å². The van der Waals surface area contributed by atoms with Crippen LogP contribution in [0.3, 0.4) is 0 Å². The highest BCUT2D eigenvalue weighted by atomic mass is 19.3. The van der Waals surface area contributed by atoms with Gasteiger partial charge in [-0.3, -0.25) is 9.48 Å². The number of halogens is 4. The quantitative estimate of drug-likeness (QED) is 0.469. The van der Waals surface area contributed by atoms with Gasteiger partial charge in [-0.15, -0.1) is 0 Å². The minimum Gasteiger partial charge on any atom is -0.490 e. The van der Waals surface area contributed by atoms with Gasteiger partial charge >= 0.3 is 0 Å². The van der Waals surface area contributed by atoms with Crippen LogP contribution in [-0.4, -0.2) is 27.7 Å². The molecule has 33 heavy (non-hydrogen) atoms. The first kappa shape index (κ1) is 22.8. The summed E-state index contributed by atoms with van der Waals surface area (Å²) in [5.41, 5.74) is 1.29. The van der Waals surface area contributed by atoms with Crippen LogP contribution in [0.4, 0.5) is 23.4 Å². The number of carbonyl (C=O) groups is 1. The molecule has 1 aromatic heterocycles. The van der Waals surface area contributed by atoms with E-state index in [1.807, 2.05) is 0 Å². The Labute approximate surface area is 188 Å². The van der Waals surface area contributed by atoms with E-state index in [9.17, 15) is 22.4 Å². The number of nitrogens with one attached hydrogen (secondary N) is 1. The molecule has 3 aromatic rings. The van der Waals surface area contributed by atoms with Gasteiger partial charge in [0.15, 0.2) is 17.5 Å². The van der Waals surface area contributed by atoms with E-state index in [1.54, 1.807) is 43.5 Å². The van der Waals surface area contributed by atoms with Crippen LogP contribution in [0.5, 0.6) is 5.75 Å². The fourth-order valence-corrected chi connectivity index (χ4v) is 3.75. The third-order valence-electron chi connectivity index (χ3n) is 5.63. The minimum absolute atomic E-state index is 0.112. The van der Waals surface area contributed by atoms with Gasteiger partial charge in [0.25, 0.3) is 0 Å². The van der Waals surface area contributed by atoms with Crippen molar-refractivity contribution in [2.45, 2.75) is 44.8 Å². The van der Waals surface area contributed by atoms with Crippen LogP contribution in [-0.2, 0) is 17.8 Å². The monoisotopic (exact) mass is 461 g/mol. The average molecular weight is 461 g/mol. The van der Waals surface area contributed by atoms with Crippen LogP contribution in [0.25, 0.3) is 0 Å². The number of hydrogen-bond donors (Lipinski definition) is 1. The van der Waals surface area contributed by atoms with Gasteiger partial charge in [0.05, 0.1) is 19.1 Å². The molecule has 1 aliphatic rings. The first-order chi connectivity index (χ1) is 15.7. The highest BCUT2D eigenvalue weighted by Crippen LogP contribution is 2.44. The standard InChI is InChI=1S/C24H23F4N3O2/c1-15(18-12-24(27,28)13-18)33-19-5-2-16(3-6-19)11-23(32)29-22-8-9-31(30-22)14-17-4-7-20(25)21(26)10-17/h2-10,15,18H,11-14H2,1H3,(H,29,30,32). The SMILES string of the molecule is CC(Oc1ccc(CC(=O)Nc2ccn(Cc3ccc(F)c(F)c3)n2)cc1)C1CC(F)(F)C1. The largest absolute Gasteiger partial charge is 0.490 e. The van der Waals surface area contributed by atoms with Crippen molar-refractivity contribution in [1.82, 2.24) is 9.78 Å². The van der Waals surface area contributed by atoms with Gasteiger partial charge in [-0.05, 0) is 42.3 Å². The molecule has 174 valence electrons. The second kappa shape index (κ2) is 9.25. The Hall–Kier alpha value is -3.36. The molecule has 1 saturated carbocycles. The highest BCUT2D eigenvalue weighted by molar-refractivity contribution is 5.91. The zero-order chi connectivity index (χ0) is 23.6. The van der Waals surface area contributed by atoms with Crippen LogP contribution in [0, 0.1) is 17.6 Å². The molecule has 1 unspecified atom stereocenters. The second-order valence-corrected chi connectivity index (χ2v) is 8.36. The van der Waals surface area contributed by atoms with Crippen molar-refractivity contribution in [3.63, 3.8) is 0 Å². The zero-order valence-corrected chi connectivity index (χ0v) is 17.9. The number of amides is 1. The summed E-state index contributed by atoms with van der Waals surface area (Å²) in [4.78, 5) is 12.3. The van der Waals surface area contributed by atoms with Crippen molar-refractivity contribution in [2.75, 3.05) is 5.32 Å². The number of ether oxygens (including phenoxy) is 1. The zero-order valence-electron chi connectivity index (χ0n) is 17.9. The van der Waals surface area contributed by atoms with E-state index < -0.39 is 17.6 Å². The van der Waals surface area contributed by atoms with Crippen LogP contribution >= 0.6 is 0 Å². The molecule has 1 aliphatic carbocycles. The fourth-order valence-electron chi connectivity index (χ4n) is 3.75. The van der Waals surface area contributed by atoms with E-state index in [4.69, 9.17) is 4.74 Å². The lowest BCUT2D eigenvalue weighted by molar-refractivity contribution is -0.133. The minimum atomic E-state index is -2.58. The molecule has 1 atom stereocenters. The van der Waals surface area contributed by atoms with Gasteiger partial charge in [0.2, 0.25) is 11.8 Å².